The summed E-state index contributed by atoms with van der Waals surface area (Å²) < 4.78 is 0. The van der Waals surface area contributed by atoms with Gasteiger partial charge in [0.25, 0.3) is 0 Å². The van der Waals surface area contributed by atoms with E-state index in [0.29, 0.717) is 5.92 Å². The van der Waals surface area contributed by atoms with Gasteiger partial charge in [-0.15, -0.1) is 0 Å². The third-order valence-corrected chi connectivity index (χ3v) is 2.76. The third kappa shape index (κ3) is 0.738. The van der Waals surface area contributed by atoms with E-state index in [-0.39, 0.29) is 0 Å². The van der Waals surface area contributed by atoms with Crippen molar-refractivity contribution in [1.82, 2.24) is 0 Å². The van der Waals surface area contributed by atoms with Crippen molar-refractivity contribution >= 4 is 0 Å². The Morgan fingerprint density at radius 3 is 2.44 bits per heavy atom. The Balaban J connectivity index is 1.84. The summed E-state index contributed by atoms with van der Waals surface area (Å²) in [7, 11) is 0. The van der Waals surface area contributed by atoms with Crippen molar-refractivity contribution in [1.29, 1.82) is 5.26 Å². The molecule has 2 saturated carbocycles. The molecule has 2 rings (SSSR count). The molecule has 48 valence electrons. The van der Waals surface area contributed by atoms with Crippen molar-refractivity contribution < 1.29 is 0 Å². The zero-order valence-corrected chi connectivity index (χ0v) is 5.51. The molecule has 0 N–H and O–H groups in total. The lowest BCUT2D eigenvalue weighted by molar-refractivity contribution is 0.272. The van der Waals surface area contributed by atoms with E-state index in [9.17, 15) is 0 Å². The monoisotopic (exact) mass is 121 g/mol. The highest BCUT2D eigenvalue weighted by Gasteiger charge is 2.44. The standard InChI is InChI=1S/C8H11N/c9-5-7-4-8(7)6-2-1-3-6/h6-8H,1-4H2. The molecular weight excluding hydrogens is 110 g/mol. The van der Waals surface area contributed by atoms with Gasteiger partial charge in [-0.05, 0) is 18.3 Å². The summed E-state index contributed by atoms with van der Waals surface area (Å²) in [6.07, 6.45) is 5.44. The molecule has 0 amide bonds. The van der Waals surface area contributed by atoms with E-state index in [0.717, 1.165) is 11.8 Å². The first-order valence-corrected chi connectivity index (χ1v) is 3.81. The topological polar surface area (TPSA) is 23.8 Å². The lowest BCUT2D eigenvalue weighted by atomic mass is 9.81. The predicted octanol–water partition coefficient (Wildman–Crippen LogP) is 1.95. The first kappa shape index (κ1) is 5.29. The molecule has 2 unspecified atom stereocenters. The van der Waals surface area contributed by atoms with Crippen molar-refractivity contribution in [2.24, 2.45) is 17.8 Å². The smallest absolute Gasteiger partial charge is 0.0658 e. The Hall–Kier alpha value is -0.510. The zero-order valence-electron chi connectivity index (χ0n) is 5.51. The average Bonchev–Trinajstić information content (AvgIpc) is 2.42. The van der Waals surface area contributed by atoms with Gasteiger partial charge in [0.15, 0.2) is 0 Å². The summed E-state index contributed by atoms with van der Waals surface area (Å²) in [5, 5.41) is 8.49. The molecule has 0 aliphatic heterocycles. The molecule has 2 atom stereocenters. The third-order valence-electron chi connectivity index (χ3n) is 2.76. The van der Waals surface area contributed by atoms with Crippen LogP contribution in [0.25, 0.3) is 0 Å². The maximum Gasteiger partial charge on any atom is 0.0658 e. The van der Waals surface area contributed by atoms with Crippen molar-refractivity contribution in [3.8, 4) is 6.07 Å². The van der Waals surface area contributed by atoms with Crippen LogP contribution in [0.3, 0.4) is 0 Å². The summed E-state index contributed by atoms with van der Waals surface area (Å²) in [6, 6.07) is 2.34. The lowest BCUT2D eigenvalue weighted by Gasteiger charge is -2.24. The van der Waals surface area contributed by atoms with Crippen molar-refractivity contribution in [2.75, 3.05) is 0 Å². The van der Waals surface area contributed by atoms with Crippen LogP contribution in [0.4, 0.5) is 0 Å². The van der Waals surface area contributed by atoms with Gasteiger partial charge in [-0.1, -0.05) is 19.3 Å². The second-order valence-electron chi connectivity index (χ2n) is 3.33. The number of nitriles is 1. The molecule has 0 aromatic carbocycles. The Morgan fingerprint density at radius 1 is 1.33 bits per heavy atom. The molecule has 1 heteroatoms. The van der Waals surface area contributed by atoms with Gasteiger partial charge in [0, 0.05) is 5.92 Å². The van der Waals surface area contributed by atoms with Gasteiger partial charge < -0.3 is 0 Å². The van der Waals surface area contributed by atoms with E-state index in [1.54, 1.807) is 0 Å². The number of rotatable bonds is 1. The van der Waals surface area contributed by atoms with E-state index in [1.165, 1.54) is 25.7 Å². The molecule has 0 spiro atoms. The van der Waals surface area contributed by atoms with Crippen LogP contribution in [0.5, 0.6) is 0 Å². The van der Waals surface area contributed by atoms with Gasteiger partial charge >= 0.3 is 0 Å². The Morgan fingerprint density at radius 2 is 2.11 bits per heavy atom. The summed E-state index contributed by atoms with van der Waals surface area (Å²) >= 11 is 0. The summed E-state index contributed by atoms with van der Waals surface area (Å²) in [6.45, 7) is 0. The van der Waals surface area contributed by atoms with E-state index in [2.05, 4.69) is 6.07 Å². The molecule has 0 bridgehead atoms. The fourth-order valence-electron chi connectivity index (χ4n) is 1.75. The molecule has 2 fully saturated rings. The van der Waals surface area contributed by atoms with Crippen molar-refractivity contribution in [3.05, 3.63) is 0 Å². The largest absolute Gasteiger partial charge is 0.198 e. The van der Waals surface area contributed by atoms with Crippen molar-refractivity contribution in [2.45, 2.75) is 25.7 Å². The molecule has 0 heterocycles. The van der Waals surface area contributed by atoms with Gasteiger partial charge in [0.1, 0.15) is 0 Å². The Bertz CT molecular complexity index is 152. The highest BCUT2D eigenvalue weighted by molar-refractivity contribution is 5.05. The average molecular weight is 121 g/mol. The van der Waals surface area contributed by atoms with Crippen LogP contribution in [-0.4, -0.2) is 0 Å². The molecule has 0 radical (unpaired) electrons. The van der Waals surface area contributed by atoms with Crippen LogP contribution in [-0.2, 0) is 0 Å². The normalized spacial score (nSPS) is 41.2. The molecule has 2 aliphatic rings. The molecule has 0 saturated heterocycles. The maximum absolute atomic E-state index is 8.49. The van der Waals surface area contributed by atoms with Crippen LogP contribution >= 0.6 is 0 Å². The summed E-state index contributed by atoms with van der Waals surface area (Å²) in [5.41, 5.74) is 0. The van der Waals surface area contributed by atoms with Crippen molar-refractivity contribution in [3.63, 3.8) is 0 Å². The maximum atomic E-state index is 8.49. The van der Waals surface area contributed by atoms with E-state index < -0.39 is 0 Å². The second kappa shape index (κ2) is 1.73. The lowest BCUT2D eigenvalue weighted by Crippen LogP contribution is -2.13. The highest BCUT2D eigenvalue weighted by atomic mass is 14.5. The van der Waals surface area contributed by atoms with E-state index in [4.69, 9.17) is 5.26 Å². The molecule has 1 nitrogen and oxygen atoms in total. The number of hydrogen-bond donors (Lipinski definition) is 0. The minimum atomic E-state index is 0.454. The fraction of sp³-hybridized carbons (Fsp3) is 0.875. The highest BCUT2D eigenvalue weighted by Crippen LogP contribution is 2.51. The van der Waals surface area contributed by atoms with Gasteiger partial charge in [-0.2, -0.15) is 5.26 Å². The van der Waals surface area contributed by atoms with Crippen LogP contribution < -0.4 is 0 Å². The number of hydrogen-bond acceptors (Lipinski definition) is 1. The Labute approximate surface area is 55.7 Å². The van der Waals surface area contributed by atoms with Gasteiger partial charge in [0.2, 0.25) is 0 Å². The van der Waals surface area contributed by atoms with Crippen LogP contribution in [0.2, 0.25) is 0 Å². The van der Waals surface area contributed by atoms with Crippen LogP contribution in [0, 0.1) is 29.1 Å². The molecule has 0 aromatic heterocycles. The van der Waals surface area contributed by atoms with Gasteiger partial charge in [0.05, 0.1) is 6.07 Å². The molecule has 2 aliphatic carbocycles. The molecule has 0 aromatic rings. The zero-order chi connectivity index (χ0) is 6.27. The minimum Gasteiger partial charge on any atom is -0.198 e. The first-order valence-electron chi connectivity index (χ1n) is 3.81. The van der Waals surface area contributed by atoms with E-state index in [1.807, 2.05) is 0 Å². The SMILES string of the molecule is N#CC1CC1C1CCC1. The van der Waals surface area contributed by atoms with Crippen LogP contribution in [0.1, 0.15) is 25.7 Å². The first-order chi connectivity index (χ1) is 4.42. The van der Waals surface area contributed by atoms with E-state index >= 15 is 0 Å². The van der Waals surface area contributed by atoms with Crippen LogP contribution in [0.15, 0.2) is 0 Å². The minimum absolute atomic E-state index is 0.454. The predicted molar refractivity (Wildman–Crippen MR) is 34.6 cm³/mol. The Kier molecular flexibility index (Phi) is 1.02. The van der Waals surface area contributed by atoms with Gasteiger partial charge in [-0.25, -0.2) is 0 Å². The number of nitrogens with zero attached hydrogens (tertiary/aromatic N) is 1. The summed E-state index contributed by atoms with van der Waals surface area (Å²) in [4.78, 5) is 0. The molecular formula is C8H11N. The van der Waals surface area contributed by atoms with Gasteiger partial charge in [-0.3, -0.25) is 0 Å². The fourth-order valence-corrected chi connectivity index (χ4v) is 1.75. The quantitative estimate of drug-likeness (QED) is 0.520. The molecule has 9 heavy (non-hydrogen) atoms. The summed E-state index contributed by atoms with van der Waals surface area (Å²) in [5.74, 6) is 2.23. The second-order valence-corrected chi connectivity index (χ2v) is 3.33.